The number of aryl methyl sites for hydroxylation is 2. The van der Waals surface area contributed by atoms with E-state index in [9.17, 15) is 5.11 Å². The molecule has 1 aliphatic carbocycles. The molecule has 1 N–H and O–H groups in total. The first-order chi connectivity index (χ1) is 9.22. The predicted molar refractivity (Wildman–Crippen MR) is 75.5 cm³/mol. The second kappa shape index (κ2) is 5.31. The molecule has 1 heterocycles. The molecule has 0 unspecified atom stereocenters. The number of nitrogens with zero attached hydrogens (tertiary/aromatic N) is 1. The van der Waals surface area contributed by atoms with Crippen LogP contribution in [0, 0.1) is 6.92 Å². The number of hydrogen-bond acceptors (Lipinski definition) is 4. The van der Waals surface area contributed by atoms with Gasteiger partial charge >= 0.3 is 0 Å². The van der Waals surface area contributed by atoms with Gasteiger partial charge in [-0.1, -0.05) is 6.07 Å². The van der Waals surface area contributed by atoms with Crippen LogP contribution in [0.2, 0.25) is 0 Å². The minimum Gasteiger partial charge on any atom is -0.487 e. The fraction of sp³-hybridized carbons (Fsp3) is 0.400. The average Bonchev–Trinajstić information content (AvgIpc) is 2.83. The Morgan fingerprint density at radius 3 is 3.16 bits per heavy atom. The molecule has 0 fully saturated rings. The molecule has 2 aromatic rings. The number of benzene rings is 1. The number of ether oxygens (including phenoxy) is 1. The highest BCUT2D eigenvalue weighted by Gasteiger charge is 2.18. The summed E-state index contributed by atoms with van der Waals surface area (Å²) in [4.78, 5) is 4.37. The zero-order valence-electron chi connectivity index (χ0n) is 10.9. The van der Waals surface area contributed by atoms with E-state index in [-0.39, 0.29) is 6.10 Å². The summed E-state index contributed by atoms with van der Waals surface area (Å²) in [5.41, 5.74) is 3.23. The lowest BCUT2D eigenvalue weighted by Crippen LogP contribution is -2.09. The summed E-state index contributed by atoms with van der Waals surface area (Å²) in [6.45, 7) is 2.47. The van der Waals surface area contributed by atoms with Crippen molar-refractivity contribution >= 4 is 11.3 Å². The van der Waals surface area contributed by atoms with Crippen LogP contribution in [-0.4, -0.2) is 10.1 Å². The number of aromatic nitrogens is 1. The zero-order valence-corrected chi connectivity index (χ0v) is 11.7. The fourth-order valence-electron chi connectivity index (χ4n) is 2.47. The van der Waals surface area contributed by atoms with Gasteiger partial charge in [-0.15, -0.1) is 11.3 Å². The quantitative estimate of drug-likeness (QED) is 0.933. The summed E-state index contributed by atoms with van der Waals surface area (Å²) in [6, 6.07) is 6.02. The molecule has 0 saturated carbocycles. The number of fused-ring (bicyclic) bond motifs is 1. The first-order valence-electron chi connectivity index (χ1n) is 6.57. The van der Waals surface area contributed by atoms with Gasteiger partial charge < -0.3 is 9.84 Å². The Morgan fingerprint density at radius 2 is 2.37 bits per heavy atom. The smallest absolute Gasteiger partial charge is 0.131 e. The van der Waals surface area contributed by atoms with Crippen molar-refractivity contribution in [1.82, 2.24) is 4.98 Å². The molecule has 0 saturated heterocycles. The third-order valence-corrected chi connectivity index (χ3v) is 4.28. The Balaban J connectivity index is 1.73. The maximum atomic E-state index is 10.0. The number of hydrogen-bond donors (Lipinski definition) is 1. The van der Waals surface area contributed by atoms with Crippen LogP contribution >= 0.6 is 11.3 Å². The Kier molecular flexibility index (Phi) is 3.53. The topological polar surface area (TPSA) is 42.4 Å². The van der Waals surface area contributed by atoms with E-state index in [1.54, 1.807) is 11.3 Å². The summed E-state index contributed by atoms with van der Waals surface area (Å²) in [6.07, 6.45) is 2.63. The summed E-state index contributed by atoms with van der Waals surface area (Å²) in [5.74, 6) is 0.811. The van der Waals surface area contributed by atoms with Crippen molar-refractivity contribution in [2.24, 2.45) is 0 Å². The molecule has 0 aliphatic heterocycles. The average molecular weight is 275 g/mol. The van der Waals surface area contributed by atoms with Gasteiger partial charge in [0.2, 0.25) is 0 Å². The molecule has 1 aromatic carbocycles. The van der Waals surface area contributed by atoms with Gasteiger partial charge in [-0.2, -0.15) is 0 Å². The van der Waals surface area contributed by atoms with Crippen LogP contribution in [0.3, 0.4) is 0 Å². The lowest BCUT2D eigenvalue weighted by Gasteiger charge is -2.21. The third-order valence-electron chi connectivity index (χ3n) is 3.45. The third kappa shape index (κ3) is 2.80. The van der Waals surface area contributed by atoms with Crippen LogP contribution in [0.15, 0.2) is 23.6 Å². The van der Waals surface area contributed by atoms with E-state index in [0.29, 0.717) is 6.61 Å². The van der Waals surface area contributed by atoms with Crippen LogP contribution in [0.25, 0.3) is 0 Å². The zero-order chi connectivity index (χ0) is 13.2. The molecule has 1 aliphatic rings. The van der Waals surface area contributed by atoms with E-state index in [1.807, 2.05) is 24.4 Å². The molecule has 19 heavy (non-hydrogen) atoms. The minimum absolute atomic E-state index is 0.339. The first-order valence-corrected chi connectivity index (χ1v) is 7.45. The van der Waals surface area contributed by atoms with Gasteiger partial charge in [0, 0.05) is 5.38 Å². The summed E-state index contributed by atoms with van der Waals surface area (Å²) in [5, 5.41) is 13.1. The van der Waals surface area contributed by atoms with Crippen LogP contribution in [-0.2, 0) is 13.0 Å². The van der Waals surface area contributed by atoms with Crippen LogP contribution < -0.4 is 4.74 Å². The largest absolute Gasteiger partial charge is 0.487 e. The maximum Gasteiger partial charge on any atom is 0.131 e. The van der Waals surface area contributed by atoms with Crippen molar-refractivity contribution in [2.45, 2.75) is 38.9 Å². The number of aliphatic hydroxyl groups excluding tert-OH is 1. The minimum atomic E-state index is -0.339. The van der Waals surface area contributed by atoms with E-state index in [2.05, 4.69) is 11.1 Å². The highest BCUT2D eigenvalue weighted by Crippen LogP contribution is 2.32. The summed E-state index contributed by atoms with van der Waals surface area (Å²) < 4.78 is 5.75. The van der Waals surface area contributed by atoms with Crippen molar-refractivity contribution in [1.29, 1.82) is 0 Å². The van der Waals surface area contributed by atoms with E-state index >= 15 is 0 Å². The molecule has 3 nitrogen and oxygen atoms in total. The van der Waals surface area contributed by atoms with Crippen molar-refractivity contribution < 1.29 is 9.84 Å². The first kappa shape index (κ1) is 12.6. The van der Waals surface area contributed by atoms with Gasteiger partial charge in [0.25, 0.3) is 0 Å². The van der Waals surface area contributed by atoms with E-state index < -0.39 is 0 Å². The molecule has 1 aromatic heterocycles. The Morgan fingerprint density at radius 1 is 1.47 bits per heavy atom. The molecular formula is C15H17NO2S. The molecule has 1 atom stereocenters. The van der Waals surface area contributed by atoms with Crippen molar-refractivity contribution in [3.05, 3.63) is 45.4 Å². The van der Waals surface area contributed by atoms with Gasteiger partial charge in [0.15, 0.2) is 0 Å². The molecule has 4 heteroatoms. The maximum absolute atomic E-state index is 10.0. The van der Waals surface area contributed by atoms with Crippen LogP contribution in [0.4, 0.5) is 0 Å². The lowest BCUT2D eigenvalue weighted by molar-refractivity contribution is 0.156. The molecule has 0 bridgehead atoms. The van der Waals surface area contributed by atoms with Gasteiger partial charge in [0.05, 0.1) is 16.8 Å². The van der Waals surface area contributed by atoms with Crippen molar-refractivity contribution in [2.75, 3.05) is 0 Å². The van der Waals surface area contributed by atoms with E-state index in [0.717, 1.165) is 41.3 Å². The van der Waals surface area contributed by atoms with Crippen LogP contribution in [0.1, 0.15) is 40.8 Å². The Labute approximate surface area is 116 Å². The highest BCUT2D eigenvalue weighted by atomic mass is 32.1. The van der Waals surface area contributed by atoms with Gasteiger partial charge in [-0.3, -0.25) is 0 Å². The van der Waals surface area contributed by atoms with Gasteiger partial charge in [0.1, 0.15) is 12.4 Å². The second-order valence-corrected chi connectivity index (χ2v) is 5.98. The highest BCUT2D eigenvalue weighted by molar-refractivity contribution is 7.09. The summed E-state index contributed by atoms with van der Waals surface area (Å²) in [7, 11) is 0. The molecule has 100 valence electrons. The number of rotatable bonds is 3. The van der Waals surface area contributed by atoms with Gasteiger partial charge in [-0.05, 0) is 49.4 Å². The summed E-state index contributed by atoms with van der Waals surface area (Å²) >= 11 is 1.63. The van der Waals surface area contributed by atoms with E-state index in [4.69, 9.17) is 4.74 Å². The monoisotopic (exact) mass is 275 g/mol. The molecule has 0 spiro atoms. The number of aliphatic hydroxyl groups is 1. The molecule has 0 amide bonds. The number of thiazole rings is 1. The van der Waals surface area contributed by atoms with Crippen molar-refractivity contribution in [3.8, 4) is 5.75 Å². The second-order valence-electron chi connectivity index (χ2n) is 4.92. The molecular weight excluding hydrogens is 258 g/mol. The van der Waals surface area contributed by atoms with Crippen LogP contribution in [0.5, 0.6) is 5.75 Å². The Bertz CT molecular complexity index is 579. The Hall–Kier alpha value is -1.39. The van der Waals surface area contributed by atoms with Gasteiger partial charge in [-0.25, -0.2) is 4.98 Å². The molecule has 3 rings (SSSR count). The normalized spacial score (nSPS) is 18.1. The predicted octanol–water partition coefficient (Wildman–Crippen LogP) is 3.40. The SMILES string of the molecule is Cc1nc(COc2ccc3c(c2)[C@H](O)CCC3)cs1. The standard InChI is InChI=1S/C15H17NO2S/c1-10-16-12(9-19-10)8-18-13-6-5-11-3-2-4-15(17)14(11)7-13/h5-7,9,15,17H,2-4,8H2,1H3/t15-/m1/s1. The van der Waals surface area contributed by atoms with E-state index in [1.165, 1.54) is 5.56 Å². The fourth-order valence-corrected chi connectivity index (χ4v) is 3.07. The lowest BCUT2D eigenvalue weighted by atomic mass is 9.89. The molecule has 0 radical (unpaired) electrons. The van der Waals surface area contributed by atoms with Crippen molar-refractivity contribution in [3.63, 3.8) is 0 Å².